The Balaban J connectivity index is 1.70. The fraction of sp³-hybridized carbons (Fsp3) is 0.355. The minimum Gasteiger partial charge on any atom is -0.352 e. The number of rotatable bonds is 11. The SMILES string of the molecule is CC[C@H](C(=O)NC1CCCC1)N(Cc1ccc(Cl)cc1)C(=O)CN(c1ccc(C)cc1)S(=O)(=O)c1ccc(Cl)cc1. The van der Waals surface area contributed by atoms with Crippen LogP contribution < -0.4 is 9.62 Å². The summed E-state index contributed by atoms with van der Waals surface area (Å²) in [6, 6.07) is 19.1. The van der Waals surface area contributed by atoms with Gasteiger partial charge in [-0.15, -0.1) is 0 Å². The van der Waals surface area contributed by atoms with Gasteiger partial charge in [-0.1, -0.05) is 72.8 Å². The molecule has 1 fully saturated rings. The molecule has 0 aliphatic heterocycles. The number of hydrogen-bond donors (Lipinski definition) is 1. The van der Waals surface area contributed by atoms with Crippen molar-refractivity contribution in [1.29, 1.82) is 0 Å². The van der Waals surface area contributed by atoms with E-state index >= 15 is 0 Å². The molecular weight excluding hydrogens is 581 g/mol. The van der Waals surface area contributed by atoms with Gasteiger partial charge >= 0.3 is 0 Å². The summed E-state index contributed by atoms with van der Waals surface area (Å²) in [7, 11) is -4.15. The molecule has 3 aromatic carbocycles. The highest BCUT2D eigenvalue weighted by atomic mass is 35.5. The van der Waals surface area contributed by atoms with Gasteiger partial charge in [0.15, 0.2) is 0 Å². The summed E-state index contributed by atoms with van der Waals surface area (Å²) in [6.45, 7) is 3.38. The molecule has 4 rings (SSSR count). The summed E-state index contributed by atoms with van der Waals surface area (Å²) in [6.07, 6.45) is 4.31. The van der Waals surface area contributed by atoms with Gasteiger partial charge in [-0.2, -0.15) is 0 Å². The van der Waals surface area contributed by atoms with Crippen LogP contribution in [0, 0.1) is 6.92 Å². The van der Waals surface area contributed by atoms with Gasteiger partial charge in [0, 0.05) is 22.6 Å². The first-order valence-electron chi connectivity index (χ1n) is 13.8. The third kappa shape index (κ3) is 7.82. The van der Waals surface area contributed by atoms with Gasteiger partial charge in [0.25, 0.3) is 10.0 Å². The highest BCUT2D eigenvalue weighted by Crippen LogP contribution is 2.26. The summed E-state index contributed by atoms with van der Waals surface area (Å²) in [5.74, 6) is -0.726. The monoisotopic (exact) mass is 615 g/mol. The van der Waals surface area contributed by atoms with Crippen molar-refractivity contribution in [3.05, 3.63) is 94.0 Å². The number of nitrogens with zero attached hydrogens (tertiary/aromatic N) is 2. The summed E-state index contributed by atoms with van der Waals surface area (Å²) in [5.41, 5.74) is 2.06. The fourth-order valence-electron chi connectivity index (χ4n) is 5.05. The topological polar surface area (TPSA) is 86.8 Å². The molecule has 1 atom stereocenters. The summed E-state index contributed by atoms with van der Waals surface area (Å²) >= 11 is 12.1. The first-order chi connectivity index (χ1) is 19.6. The van der Waals surface area contributed by atoms with Crippen LogP contribution in [0.2, 0.25) is 10.0 Å². The van der Waals surface area contributed by atoms with Crippen LogP contribution >= 0.6 is 23.2 Å². The summed E-state index contributed by atoms with van der Waals surface area (Å²) in [4.78, 5) is 29.1. The van der Waals surface area contributed by atoms with Gasteiger partial charge in [0.1, 0.15) is 12.6 Å². The molecule has 0 radical (unpaired) electrons. The molecule has 0 bridgehead atoms. The Hall–Kier alpha value is -3.07. The Morgan fingerprint density at radius 2 is 1.46 bits per heavy atom. The maximum atomic E-state index is 14.1. The van der Waals surface area contributed by atoms with Gasteiger partial charge in [-0.25, -0.2) is 8.42 Å². The molecule has 7 nitrogen and oxygen atoms in total. The molecule has 0 heterocycles. The number of sulfonamides is 1. The Bertz CT molecular complexity index is 1440. The van der Waals surface area contributed by atoms with Crippen molar-refractivity contribution in [3.63, 3.8) is 0 Å². The molecule has 1 saturated carbocycles. The minimum absolute atomic E-state index is 0.00513. The van der Waals surface area contributed by atoms with Gasteiger partial charge in [0.2, 0.25) is 11.8 Å². The standard InChI is InChI=1S/C31H35Cl2N3O4S/c1-3-29(31(38)34-26-6-4-5-7-26)35(20-23-10-12-24(32)13-11-23)30(37)21-36(27-16-8-22(2)9-17-27)41(39,40)28-18-14-25(33)15-19-28/h8-19,26,29H,3-7,20-21H2,1-2H3,(H,34,38)/t29-/m1/s1. The van der Waals surface area contributed by atoms with E-state index in [0.29, 0.717) is 22.2 Å². The Labute approximate surface area is 252 Å². The number of benzene rings is 3. The molecule has 2 amide bonds. The maximum absolute atomic E-state index is 14.1. The van der Waals surface area contributed by atoms with E-state index in [2.05, 4.69) is 5.32 Å². The van der Waals surface area contributed by atoms with Crippen molar-refractivity contribution in [3.8, 4) is 0 Å². The van der Waals surface area contributed by atoms with Crippen molar-refractivity contribution in [2.75, 3.05) is 10.8 Å². The van der Waals surface area contributed by atoms with E-state index in [1.807, 2.05) is 13.8 Å². The van der Waals surface area contributed by atoms with Gasteiger partial charge in [-0.3, -0.25) is 13.9 Å². The van der Waals surface area contributed by atoms with Crippen LogP contribution in [-0.2, 0) is 26.2 Å². The lowest BCUT2D eigenvalue weighted by Crippen LogP contribution is -2.53. The number of halogens is 2. The maximum Gasteiger partial charge on any atom is 0.264 e. The molecule has 218 valence electrons. The average Bonchev–Trinajstić information content (AvgIpc) is 3.46. The Kier molecular flexibility index (Phi) is 10.3. The second-order valence-corrected chi connectivity index (χ2v) is 13.1. The van der Waals surface area contributed by atoms with Crippen molar-refractivity contribution in [2.45, 2.75) is 69.5 Å². The molecule has 0 unspecified atom stereocenters. The third-order valence-corrected chi connectivity index (χ3v) is 9.65. The number of anilines is 1. The quantitative estimate of drug-likeness (QED) is 0.272. The van der Waals surface area contributed by atoms with Crippen molar-refractivity contribution in [1.82, 2.24) is 10.2 Å². The zero-order valence-corrected chi connectivity index (χ0v) is 25.6. The number of hydrogen-bond acceptors (Lipinski definition) is 4. The van der Waals surface area contributed by atoms with Crippen LogP contribution in [0.15, 0.2) is 77.7 Å². The highest BCUT2D eigenvalue weighted by molar-refractivity contribution is 7.92. The second kappa shape index (κ2) is 13.7. The van der Waals surface area contributed by atoms with Crippen LogP contribution in [0.4, 0.5) is 5.69 Å². The fourth-order valence-corrected chi connectivity index (χ4v) is 6.71. The molecule has 1 N–H and O–H groups in total. The number of carbonyl (C=O) groups is 2. The van der Waals surface area contributed by atoms with Crippen LogP contribution in [0.3, 0.4) is 0 Å². The molecular formula is C31H35Cl2N3O4S. The molecule has 0 spiro atoms. The lowest BCUT2D eigenvalue weighted by Gasteiger charge is -2.33. The Morgan fingerprint density at radius 3 is 2.02 bits per heavy atom. The molecule has 1 aliphatic carbocycles. The van der Waals surface area contributed by atoms with Crippen LogP contribution in [-0.4, -0.2) is 43.8 Å². The van der Waals surface area contributed by atoms with Crippen LogP contribution in [0.5, 0.6) is 0 Å². The van der Waals surface area contributed by atoms with Gasteiger partial charge in [0.05, 0.1) is 10.6 Å². The molecule has 0 aromatic heterocycles. The zero-order valence-electron chi connectivity index (χ0n) is 23.2. The zero-order chi connectivity index (χ0) is 29.6. The minimum atomic E-state index is -4.15. The van der Waals surface area contributed by atoms with Crippen molar-refractivity contribution >= 4 is 50.7 Å². The van der Waals surface area contributed by atoms with Crippen molar-refractivity contribution < 1.29 is 18.0 Å². The van der Waals surface area contributed by atoms with E-state index in [1.54, 1.807) is 48.5 Å². The number of amides is 2. The Morgan fingerprint density at radius 1 is 0.902 bits per heavy atom. The van der Waals surface area contributed by atoms with E-state index in [1.165, 1.54) is 29.2 Å². The first-order valence-corrected chi connectivity index (χ1v) is 16.0. The normalized spacial score (nSPS) is 14.4. The second-order valence-electron chi connectivity index (χ2n) is 10.4. The molecule has 0 saturated heterocycles. The van der Waals surface area contributed by atoms with Gasteiger partial charge in [-0.05, 0) is 80.3 Å². The predicted octanol–water partition coefficient (Wildman–Crippen LogP) is 6.36. The van der Waals surface area contributed by atoms with Crippen LogP contribution in [0.1, 0.15) is 50.2 Å². The van der Waals surface area contributed by atoms with E-state index in [-0.39, 0.29) is 23.4 Å². The smallest absolute Gasteiger partial charge is 0.264 e. The lowest BCUT2D eigenvalue weighted by atomic mass is 10.1. The molecule has 41 heavy (non-hydrogen) atoms. The number of nitrogens with one attached hydrogen (secondary N) is 1. The predicted molar refractivity (Wildman–Crippen MR) is 164 cm³/mol. The summed E-state index contributed by atoms with van der Waals surface area (Å²) in [5, 5.41) is 4.07. The summed E-state index contributed by atoms with van der Waals surface area (Å²) < 4.78 is 28.9. The third-order valence-electron chi connectivity index (χ3n) is 7.36. The van der Waals surface area contributed by atoms with E-state index in [9.17, 15) is 18.0 Å². The van der Waals surface area contributed by atoms with Crippen molar-refractivity contribution in [2.24, 2.45) is 0 Å². The molecule has 3 aromatic rings. The lowest BCUT2D eigenvalue weighted by molar-refractivity contribution is -0.140. The van der Waals surface area contributed by atoms with Gasteiger partial charge < -0.3 is 10.2 Å². The van der Waals surface area contributed by atoms with Crippen LogP contribution in [0.25, 0.3) is 0 Å². The first kappa shape index (κ1) is 30.9. The van der Waals surface area contributed by atoms with E-state index in [4.69, 9.17) is 23.2 Å². The average molecular weight is 617 g/mol. The number of aryl methyl sites for hydroxylation is 1. The highest BCUT2D eigenvalue weighted by Gasteiger charge is 2.34. The largest absolute Gasteiger partial charge is 0.352 e. The molecule has 10 heteroatoms. The molecule has 1 aliphatic rings. The van der Waals surface area contributed by atoms with E-state index in [0.717, 1.165) is 41.1 Å². The number of carbonyl (C=O) groups excluding carboxylic acids is 2. The van der Waals surface area contributed by atoms with E-state index < -0.39 is 28.5 Å².